The molecule has 0 heterocycles. The second-order valence-electron chi connectivity index (χ2n) is 9.53. The Kier molecular flexibility index (Phi) is 4.00. The van der Waals surface area contributed by atoms with Crippen LogP contribution in [0.4, 0.5) is 0 Å². The number of aliphatic hydroxyl groups is 1. The van der Waals surface area contributed by atoms with E-state index in [2.05, 4.69) is 19.9 Å². The molecule has 8 atom stereocenters. The summed E-state index contributed by atoms with van der Waals surface area (Å²) in [6, 6.07) is 0. The third-order valence-electron chi connectivity index (χ3n) is 8.73. The lowest BCUT2D eigenvalue weighted by atomic mass is 9.46. The van der Waals surface area contributed by atoms with E-state index in [0.717, 1.165) is 25.7 Å². The normalized spacial score (nSPS) is 48.2. The Hall–Kier alpha value is -1.42. The maximum atomic E-state index is 11.8. The Morgan fingerprint density at radius 2 is 1.96 bits per heavy atom. The third-order valence-corrected chi connectivity index (χ3v) is 8.73. The standard InChI is InChI=1S/C22H30O4/c1-12(20(25)26)16-6-7-17-15-5-4-13-10-14(23)8-9-21(13,2)18(15)11-19(24)22(16,17)3/h8-10,12,15-19,24H,4-7,11H2,1-3H3,(H,25,26)/t12?,15-,16+,17-,18-,19?,21-,22+/m0/s1. The summed E-state index contributed by atoms with van der Waals surface area (Å²) in [6.45, 7) is 6.17. The van der Waals surface area contributed by atoms with Crippen LogP contribution in [0.2, 0.25) is 0 Å². The summed E-state index contributed by atoms with van der Waals surface area (Å²) in [5.41, 5.74) is 0.760. The largest absolute Gasteiger partial charge is 0.481 e. The summed E-state index contributed by atoms with van der Waals surface area (Å²) in [4.78, 5) is 23.5. The van der Waals surface area contributed by atoms with Gasteiger partial charge in [-0.2, -0.15) is 0 Å². The van der Waals surface area contributed by atoms with Crippen molar-refractivity contribution in [2.75, 3.05) is 0 Å². The van der Waals surface area contributed by atoms with Crippen LogP contribution in [-0.4, -0.2) is 28.1 Å². The van der Waals surface area contributed by atoms with Crippen molar-refractivity contribution in [3.63, 3.8) is 0 Å². The molecule has 4 nitrogen and oxygen atoms in total. The van der Waals surface area contributed by atoms with Crippen molar-refractivity contribution < 1.29 is 19.8 Å². The summed E-state index contributed by atoms with van der Waals surface area (Å²) in [6.07, 6.45) is 9.68. The molecule has 0 amide bonds. The number of hydrogen-bond donors (Lipinski definition) is 2. The summed E-state index contributed by atoms with van der Waals surface area (Å²) in [5, 5.41) is 20.8. The predicted octanol–water partition coefficient (Wildman–Crippen LogP) is 3.60. The fraction of sp³-hybridized carbons (Fsp3) is 0.727. The van der Waals surface area contributed by atoms with Crippen LogP contribution in [0.25, 0.3) is 0 Å². The molecule has 0 radical (unpaired) electrons. The molecule has 0 spiro atoms. The maximum Gasteiger partial charge on any atom is 0.306 e. The zero-order valence-corrected chi connectivity index (χ0v) is 15.9. The number of hydrogen-bond acceptors (Lipinski definition) is 3. The van der Waals surface area contributed by atoms with Gasteiger partial charge < -0.3 is 10.2 Å². The van der Waals surface area contributed by atoms with Gasteiger partial charge >= 0.3 is 5.97 Å². The van der Waals surface area contributed by atoms with Crippen molar-refractivity contribution >= 4 is 11.8 Å². The van der Waals surface area contributed by atoms with Gasteiger partial charge in [-0.05, 0) is 67.9 Å². The van der Waals surface area contributed by atoms with Gasteiger partial charge in [0, 0.05) is 10.8 Å². The Labute approximate surface area is 155 Å². The first-order valence-corrected chi connectivity index (χ1v) is 10.0. The van der Waals surface area contributed by atoms with E-state index in [4.69, 9.17) is 0 Å². The summed E-state index contributed by atoms with van der Waals surface area (Å²) in [7, 11) is 0. The lowest BCUT2D eigenvalue weighted by molar-refractivity contribution is -0.155. The van der Waals surface area contributed by atoms with Crippen molar-refractivity contribution in [2.24, 2.45) is 40.4 Å². The second kappa shape index (κ2) is 5.79. The minimum Gasteiger partial charge on any atom is -0.481 e. The average Bonchev–Trinajstić information content (AvgIpc) is 2.94. The minimum absolute atomic E-state index is 0.0363. The Morgan fingerprint density at radius 1 is 1.23 bits per heavy atom. The van der Waals surface area contributed by atoms with Gasteiger partial charge in [0.1, 0.15) is 0 Å². The first kappa shape index (κ1) is 18.0. The molecule has 26 heavy (non-hydrogen) atoms. The number of rotatable bonds is 2. The molecule has 4 aliphatic carbocycles. The number of allylic oxidation sites excluding steroid dienone is 4. The van der Waals surface area contributed by atoms with E-state index in [9.17, 15) is 19.8 Å². The topological polar surface area (TPSA) is 74.6 Å². The molecule has 0 aliphatic heterocycles. The van der Waals surface area contributed by atoms with Crippen LogP contribution in [-0.2, 0) is 9.59 Å². The Morgan fingerprint density at radius 3 is 2.65 bits per heavy atom. The number of carboxylic acids is 1. The molecule has 0 aromatic rings. The molecular formula is C22H30O4. The van der Waals surface area contributed by atoms with Gasteiger partial charge in [-0.25, -0.2) is 0 Å². The van der Waals surface area contributed by atoms with Gasteiger partial charge in [0.15, 0.2) is 5.78 Å². The van der Waals surface area contributed by atoms with Crippen molar-refractivity contribution in [3.05, 3.63) is 23.8 Å². The van der Waals surface area contributed by atoms with Crippen LogP contribution in [0.3, 0.4) is 0 Å². The molecular weight excluding hydrogens is 328 g/mol. The molecule has 0 bridgehead atoms. The monoisotopic (exact) mass is 358 g/mol. The van der Waals surface area contributed by atoms with Crippen molar-refractivity contribution in [1.82, 2.24) is 0 Å². The van der Waals surface area contributed by atoms with E-state index in [1.165, 1.54) is 5.57 Å². The molecule has 142 valence electrons. The van der Waals surface area contributed by atoms with E-state index < -0.39 is 18.0 Å². The summed E-state index contributed by atoms with van der Waals surface area (Å²) < 4.78 is 0. The molecule has 3 saturated carbocycles. The molecule has 4 aliphatic rings. The quantitative estimate of drug-likeness (QED) is 0.791. The number of aliphatic hydroxyl groups excluding tert-OH is 1. The summed E-state index contributed by atoms with van der Waals surface area (Å²) in [5.74, 6) is 0.141. The van der Waals surface area contributed by atoms with Crippen molar-refractivity contribution in [3.8, 4) is 0 Å². The Balaban J connectivity index is 1.70. The lowest BCUT2D eigenvalue weighted by Crippen LogP contribution is -2.56. The van der Waals surface area contributed by atoms with E-state index >= 15 is 0 Å². The smallest absolute Gasteiger partial charge is 0.306 e. The zero-order valence-electron chi connectivity index (χ0n) is 15.9. The van der Waals surface area contributed by atoms with Crippen LogP contribution >= 0.6 is 0 Å². The van der Waals surface area contributed by atoms with E-state index in [1.54, 1.807) is 19.1 Å². The first-order valence-electron chi connectivity index (χ1n) is 10.0. The third kappa shape index (κ3) is 2.24. The van der Waals surface area contributed by atoms with Crippen LogP contribution in [0, 0.1) is 40.4 Å². The van der Waals surface area contributed by atoms with Gasteiger partial charge in [0.2, 0.25) is 0 Å². The highest BCUT2D eigenvalue weighted by atomic mass is 16.4. The highest BCUT2D eigenvalue weighted by Crippen LogP contribution is 2.66. The maximum absolute atomic E-state index is 11.8. The van der Waals surface area contributed by atoms with Crippen molar-refractivity contribution in [2.45, 2.75) is 59.0 Å². The van der Waals surface area contributed by atoms with Crippen LogP contribution in [0.5, 0.6) is 0 Å². The SMILES string of the molecule is CC(C(=O)O)[C@H]1CC[C@H]2[C@@H]3CCC4=CC(=O)C=C[C@]4(C)[C@H]3CC(O)[C@]12C. The highest BCUT2D eigenvalue weighted by Gasteiger charge is 2.63. The fourth-order valence-corrected chi connectivity index (χ4v) is 7.19. The van der Waals surface area contributed by atoms with Crippen LogP contribution < -0.4 is 0 Å². The van der Waals surface area contributed by atoms with Crippen LogP contribution in [0.1, 0.15) is 52.9 Å². The van der Waals surface area contributed by atoms with E-state index in [0.29, 0.717) is 24.2 Å². The van der Waals surface area contributed by atoms with Gasteiger partial charge in [0.25, 0.3) is 0 Å². The number of carbonyl (C=O) groups is 2. The molecule has 4 rings (SSSR count). The zero-order chi connectivity index (χ0) is 18.9. The van der Waals surface area contributed by atoms with E-state index in [-0.39, 0.29) is 22.5 Å². The van der Waals surface area contributed by atoms with E-state index in [1.807, 2.05) is 0 Å². The molecule has 0 aromatic heterocycles. The number of ketones is 1. The van der Waals surface area contributed by atoms with Gasteiger partial charge in [-0.15, -0.1) is 0 Å². The number of aliphatic carboxylic acids is 1. The summed E-state index contributed by atoms with van der Waals surface area (Å²) >= 11 is 0. The van der Waals surface area contributed by atoms with Gasteiger partial charge in [0.05, 0.1) is 12.0 Å². The molecule has 3 fully saturated rings. The van der Waals surface area contributed by atoms with Crippen molar-refractivity contribution in [1.29, 1.82) is 0 Å². The first-order chi connectivity index (χ1) is 12.2. The molecule has 0 aromatic carbocycles. The van der Waals surface area contributed by atoms with Crippen LogP contribution in [0.15, 0.2) is 23.8 Å². The van der Waals surface area contributed by atoms with Gasteiger partial charge in [-0.1, -0.05) is 32.4 Å². The van der Waals surface area contributed by atoms with Gasteiger partial charge in [-0.3, -0.25) is 9.59 Å². The lowest BCUT2D eigenvalue weighted by Gasteiger charge is -2.59. The molecule has 4 heteroatoms. The molecule has 0 saturated heterocycles. The molecule has 2 unspecified atom stereocenters. The molecule has 2 N–H and O–H groups in total. The average molecular weight is 358 g/mol. The highest BCUT2D eigenvalue weighted by molar-refractivity contribution is 6.01. The fourth-order valence-electron chi connectivity index (χ4n) is 7.19. The minimum atomic E-state index is -0.749. The second-order valence-corrected chi connectivity index (χ2v) is 9.53. The number of fused-ring (bicyclic) bond motifs is 5. The number of carboxylic acid groups (broad SMARTS) is 1. The number of carbonyl (C=O) groups excluding carboxylic acids is 1. The Bertz CT molecular complexity index is 707. The predicted molar refractivity (Wildman–Crippen MR) is 98.3 cm³/mol.